The highest BCUT2D eigenvalue weighted by atomic mass is 35.5. The van der Waals surface area contributed by atoms with Crippen LogP contribution in [0.25, 0.3) is 11.3 Å². The van der Waals surface area contributed by atoms with E-state index in [0.29, 0.717) is 33.8 Å². The Morgan fingerprint density at radius 1 is 1.13 bits per heavy atom. The molecule has 0 aromatic carbocycles. The van der Waals surface area contributed by atoms with Gasteiger partial charge in [0.1, 0.15) is 17.1 Å². The first kappa shape index (κ1) is 25.4. The number of rotatable bonds is 6. The molecule has 38 heavy (non-hydrogen) atoms. The van der Waals surface area contributed by atoms with Gasteiger partial charge in [0.2, 0.25) is 0 Å². The van der Waals surface area contributed by atoms with Crippen molar-refractivity contribution in [3.8, 4) is 23.1 Å². The lowest BCUT2D eigenvalue weighted by atomic mass is 9.59. The van der Waals surface area contributed by atoms with Crippen molar-refractivity contribution >= 4 is 29.2 Å². The zero-order valence-electron chi connectivity index (χ0n) is 21.0. The second-order valence-corrected chi connectivity index (χ2v) is 11.6. The molecule has 4 aliphatic rings. The molecule has 1 N–H and O–H groups in total. The van der Waals surface area contributed by atoms with Gasteiger partial charge in [0.25, 0.3) is 0 Å². The number of aryl methyl sites for hydroxylation is 1. The molecule has 4 fully saturated rings. The third kappa shape index (κ3) is 4.70. The van der Waals surface area contributed by atoms with Gasteiger partial charge in [0.05, 0.1) is 22.3 Å². The monoisotopic (exact) mass is 551 g/mol. The first-order valence-electron chi connectivity index (χ1n) is 12.9. The van der Waals surface area contributed by atoms with Gasteiger partial charge in [0.15, 0.2) is 0 Å². The topological polar surface area (TPSA) is 98.3 Å². The normalized spacial score (nSPS) is 24.2. The maximum absolute atomic E-state index is 11.2. The van der Waals surface area contributed by atoms with Crippen LogP contribution in [0.4, 0.5) is 0 Å². The molecule has 0 atom stereocenters. The molecule has 0 saturated heterocycles. The maximum Gasteiger partial charge on any atom is 0.354 e. The van der Waals surface area contributed by atoms with E-state index in [0.717, 1.165) is 73.8 Å². The molecule has 2 bridgehead atoms. The van der Waals surface area contributed by atoms with Crippen LogP contribution in [-0.4, -0.2) is 31.8 Å². The van der Waals surface area contributed by atoms with Gasteiger partial charge in [0, 0.05) is 46.6 Å². The van der Waals surface area contributed by atoms with Crippen LogP contribution in [0.3, 0.4) is 0 Å². The molecule has 0 spiro atoms. The molecular formula is C29H27Cl2N3O4. The smallest absolute Gasteiger partial charge is 0.354 e. The number of carboxylic acid groups (broad SMARTS) is 1. The molecule has 4 saturated carbocycles. The van der Waals surface area contributed by atoms with Crippen molar-refractivity contribution in [1.29, 1.82) is 0 Å². The standard InChI is InChI=1S/C29H27Cl2N3O4/c1-17-12-23(27(35)36)33-13-19(17)4-5-28-6-9-29(10-7-28,11-8-28)37-16-20-25(34-38-26(20)18-2-3-18)24-21(30)14-32-15-22(24)31/h12-15,18H,2-3,6-11,16H2,1H3,(H,35,36). The minimum atomic E-state index is -1.03. The number of carboxylic acids is 1. The van der Waals surface area contributed by atoms with E-state index >= 15 is 0 Å². The zero-order chi connectivity index (χ0) is 26.5. The molecule has 0 radical (unpaired) electrons. The fourth-order valence-corrected chi connectivity index (χ4v) is 6.29. The molecule has 3 heterocycles. The van der Waals surface area contributed by atoms with E-state index in [2.05, 4.69) is 27.0 Å². The predicted molar refractivity (Wildman–Crippen MR) is 142 cm³/mol. The van der Waals surface area contributed by atoms with E-state index in [4.69, 9.17) is 37.6 Å². The third-order valence-electron chi connectivity index (χ3n) is 8.35. The van der Waals surface area contributed by atoms with Crippen molar-refractivity contribution in [3.63, 3.8) is 0 Å². The Morgan fingerprint density at radius 3 is 2.42 bits per heavy atom. The summed E-state index contributed by atoms with van der Waals surface area (Å²) in [5.74, 6) is 7.05. The highest BCUT2D eigenvalue weighted by molar-refractivity contribution is 6.38. The van der Waals surface area contributed by atoms with Crippen molar-refractivity contribution in [2.24, 2.45) is 5.41 Å². The van der Waals surface area contributed by atoms with Crippen LogP contribution in [0.15, 0.2) is 29.2 Å². The molecule has 7 rings (SSSR count). The molecule has 3 aromatic heterocycles. The number of hydrogen-bond acceptors (Lipinski definition) is 6. The van der Waals surface area contributed by atoms with Gasteiger partial charge in [-0.25, -0.2) is 9.78 Å². The molecule has 0 unspecified atom stereocenters. The summed E-state index contributed by atoms with van der Waals surface area (Å²) in [6, 6.07) is 1.58. The maximum atomic E-state index is 11.2. The van der Waals surface area contributed by atoms with Crippen LogP contribution in [0.2, 0.25) is 10.0 Å². The third-order valence-corrected chi connectivity index (χ3v) is 8.92. The Labute approximate surface area is 230 Å². The number of ether oxygens (including phenoxy) is 1. The molecule has 0 aliphatic heterocycles. The largest absolute Gasteiger partial charge is 0.477 e. The van der Waals surface area contributed by atoms with Gasteiger partial charge in [-0.15, -0.1) is 0 Å². The van der Waals surface area contributed by atoms with Crippen LogP contribution in [0.5, 0.6) is 0 Å². The van der Waals surface area contributed by atoms with Gasteiger partial charge in [-0.1, -0.05) is 40.2 Å². The van der Waals surface area contributed by atoms with Crippen LogP contribution in [0, 0.1) is 24.2 Å². The van der Waals surface area contributed by atoms with E-state index in [1.54, 1.807) is 24.7 Å². The number of aromatic nitrogens is 3. The van der Waals surface area contributed by atoms with E-state index in [1.165, 1.54) is 0 Å². The summed E-state index contributed by atoms with van der Waals surface area (Å²) in [6.07, 6.45) is 12.6. The highest BCUT2D eigenvalue weighted by Gasteiger charge is 2.49. The fraction of sp³-hybridized carbons (Fsp3) is 0.448. The number of aromatic carboxylic acids is 1. The van der Waals surface area contributed by atoms with Crippen molar-refractivity contribution in [2.75, 3.05) is 0 Å². The summed E-state index contributed by atoms with van der Waals surface area (Å²) >= 11 is 12.9. The summed E-state index contributed by atoms with van der Waals surface area (Å²) in [4.78, 5) is 19.3. The molecule has 196 valence electrons. The average Bonchev–Trinajstić information content (AvgIpc) is 3.68. The summed E-state index contributed by atoms with van der Waals surface area (Å²) in [5.41, 5.74) is 3.64. The number of hydrogen-bond donors (Lipinski definition) is 1. The molecule has 3 aromatic rings. The van der Waals surface area contributed by atoms with Crippen LogP contribution >= 0.6 is 23.2 Å². The second kappa shape index (κ2) is 9.68. The van der Waals surface area contributed by atoms with Crippen LogP contribution in [-0.2, 0) is 11.3 Å². The van der Waals surface area contributed by atoms with Crippen molar-refractivity contribution in [2.45, 2.75) is 76.4 Å². The molecule has 9 heteroatoms. The first-order valence-corrected chi connectivity index (χ1v) is 13.7. The summed E-state index contributed by atoms with van der Waals surface area (Å²) < 4.78 is 12.5. The first-order chi connectivity index (χ1) is 18.3. The second-order valence-electron chi connectivity index (χ2n) is 10.8. The number of pyridine rings is 2. The van der Waals surface area contributed by atoms with Crippen LogP contribution < -0.4 is 0 Å². The fourth-order valence-electron chi connectivity index (χ4n) is 5.75. The van der Waals surface area contributed by atoms with Gasteiger partial charge >= 0.3 is 5.97 Å². The van der Waals surface area contributed by atoms with E-state index in [1.807, 2.05) is 6.92 Å². The summed E-state index contributed by atoms with van der Waals surface area (Å²) in [6.45, 7) is 2.27. The molecular weight excluding hydrogens is 525 g/mol. The zero-order valence-corrected chi connectivity index (χ0v) is 22.5. The Kier molecular flexibility index (Phi) is 6.46. The van der Waals surface area contributed by atoms with E-state index < -0.39 is 5.97 Å². The molecule has 7 nitrogen and oxygen atoms in total. The number of fused-ring (bicyclic) bond motifs is 3. The molecule has 0 amide bonds. The van der Waals surface area contributed by atoms with E-state index in [-0.39, 0.29) is 16.7 Å². The average molecular weight is 552 g/mol. The van der Waals surface area contributed by atoms with Crippen molar-refractivity contribution in [1.82, 2.24) is 15.1 Å². The lowest BCUT2D eigenvalue weighted by molar-refractivity contribution is -0.131. The Morgan fingerprint density at radius 2 is 1.82 bits per heavy atom. The minimum absolute atomic E-state index is 0.0390. The Bertz CT molecular complexity index is 1440. The van der Waals surface area contributed by atoms with Crippen molar-refractivity contribution < 1.29 is 19.2 Å². The summed E-state index contributed by atoms with van der Waals surface area (Å²) in [7, 11) is 0. The lowest BCUT2D eigenvalue weighted by Crippen LogP contribution is -2.47. The Hall–Kier alpha value is -2.92. The predicted octanol–water partition coefficient (Wildman–Crippen LogP) is 6.98. The number of halogens is 2. The van der Waals surface area contributed by atoms with Gasteiger partial charge in [-0.2, -0.15) is 0 Å². The Balaban J connectivity index is 1.18. The van der Waals surface area contributed by atoms with Crippen LogP contribution in [0.1, 0.15) is 90.2 Å². The SMILES string of the molecule is Cc1cc(C(=O)O)ncc1C#CC12CCC(OCc3c(-c4c(Cl)cncc4Cl)noc3C3CC3)(CC1)CC2. The number of carbonyl (C=O) groups is 1. The van der Waals surface area contributed by atoms with Crippen molar-refractivity contribution in [3.05, 3.63) is 62.8 Å². The van der Waals surface area contributed by atoms with Gasteiger partial charge in [-0.05, 0) is 69.9 Å². The van der Waals surface area contributed by atoms with E-state index in [9.17, 15) is 4.79 Å². The molecule has 4 aliphatic carbocycles. The quantitative estimate of drug-likeness (QED) is 0.329. The van der Waals surface area contributed by atoms with Gasteiger partial charge < -0.3 is 14.4 Å². The highest BCUT2D eigenvalue weighted by Crippen LogP contribution is 2.54. The number of nitrogens with zero attached hydrogens (tertiary/aromatic N) is 3. The van der Waals surface area contributed by atoms with Gasteiger partial charge in [-0.3, -0.25) is 4.98 Å². The summed E-state index contributed by atoms with van der Waals surface area (Å²) in [5, 5.41) is 14.4. The lowest BCUT2D eigenvalue weighted by Gasteiger charge is -2.51. The minimum Gasteiger partial charge on any atom is -0.477 e.